The second kappa shape index (κ2) is 12.1. The van der Waals surface area contributed by atoms with E-state index in [1.165, 1.54) is 12.1 Å². The lowest BCUT2D eigenvalue weighted by atomic mass is 9.94. The predicted molar refractivity (Wildman–Crippen MR) is 180 cm³/mol. The number of amides is 2. The van der Waals surface area contributed by atoms with E-state index in [4.69, 9.17) is 9.72 Å². The van der Waals surface area contributed by atoms with E-state index in [2.05, 4.69) is 27.9 Å². The minimum Gasteiger partial charge on any atom is -0.444 e. The van der Waals surface area contributed by atoms with Crippen LogP contribution in [0.4, 0.5) is 9.18 Å². The van der Waals surface area contributed by atoms with E-state index in [1.54, 1.807) is 10.7 Å². The number of hydrogen-bond acceptors (Lipinski definition) is 5. The highest BCUT2D eigenvalue weighted by molar-refractivity contribution is 6.01. The molecule has 47 heavy (non-hydrogen) atoms. The van der Waals surface area contributed by atoms with E-state index in [0.717, 1.165) is 53.4 Å². The molecule has 0 bridgehead atoms. The van der Waals surface area contributed by atoms with Gasteiger partial charge in [-0.25, -0.2) is 14.2 Å². The Morgan fingerprint density at radius 2 is 1.57 bits per heavy atom. The first kappa shape index (κ1) is 30.9. The number of halogens is 1. The molecule has 10 heteroatoms. The van der Waals surface area contributed by atoms with Crippen molar-refractivity contribution in [1.82, 2.24) is 29.1 Å². The number of nitrogens with zero attached hydrogens (tertiary/aromatic N) is 6. The molecule has 3 aromatic carbocycles. The second-order valence-electron chi connectivity index (χ2n) is 13.8. The van der Waals surface area contributed by atoms with Crippen molar-refractivity contribution in [3.63, 3.8) is 0 Å². The van der Waals surface area contributed by atoms with Gasteiger partial charge in [-0.3, -0.25) is 9.48 Å². The number of hydrogen-bond donors (Lipinski definition) is 0. The zero-order valence-electron chi connectivity index (χ0n) is 27.4. The van der Waals surface area contributed by atoms with Gasteiger partial charge in [-0.2, -0.15) is 5.10 Å². The summed E-state index contributed by atoms with van der Waals surface area (Å²) in [6.45, 7) is 8.25. The lowest BCUT2D eigenvalue weighted by molar-refractivity contribution is 0.0188. The molecule has 9 nitrogen and oxygen atoms in total. The van der Waals surface area contributed by atoms with Crippen LogP contribution in [0.1, 0.15) is 74.6 Å². The molecule has 0 radical (unpaired) electrons. The van der Waals surface area contributed by atoms with Gasteiger partial charge in [0.2, 0.25) is 0 Å². The van der Waals surface area contributed by atoms with Crippen molar-refractivity contribution in [3.05, 3.63) is 83.9 Å². The lowest BCUT2D eigenvalue weighted by Crippen LogP contribution is -2.42. The van der Waals surface area contributed by atoms with Crippen molar-refractivity contribution in [3.8, 4) is 11.3 Å². The van der Waals surface area contributed by atoms with Crippen LogP contribution in [-0.4, -0.2) is 72.9 Å². The van der Waals surface area contributed by atoms with Gasteiger partial charge in [-0.15, -0.1) is 0 Å². The second-order valence-corrected chi connectivity index (χ2v) is 13.8. The Kier molecular flexibility index (Phi) is 7.98. The first-order valence-corrected chi connectivity index (χ1v) is 16.5. The number of carbonyl (C=O) groups is 2. The minimum absolute atomic E-state index is 0.00173. The van der Waals surface area contributed by atoms with Gasteiger partial charge in [-0.1, -0.05) is 24.3 Å². The summed E-state index contributed by atoms with van der Waals surface area (Å²) in [4.78, 5) is 35.3. The lowest BCUT2D eigenvalue weighted by Gasteiger charge is -2.36. The highest BCUT2D eigenvalue weighted by Gasteiger charge is 2.33. The fourth-order valence-electron chi connectivity index (χ4n) is 7.13. The fraction of sp³-hybridized carbons (Fsp3) is 0.405. The monoisotopic (exact) mass is 636 g/mol. The Morgan fingerprint density at radius 1 is 0.851 bits per heavy atom. The molecule has 0 unspecified atom stereocenters. The van der Waals surface area contributed by atoms with E-state index in [1.807, 2.05) is 68.0 Å². The third kappa shape index (κ3) is 6.08. The molecule has 2 aromatic heterocycles. The van der Waals surface area contributed by atoms with Gasteiger partial charge in [0.1, 0.15) is 22.9 Å². The molecule has 2 amide bonds. The molecule has 244 valence electrons. The predicted octanol–water partition coefficient (Wildman–Crippen LogP) is 7.32. The van der Waals surface area contributed by atoms with E-state index in [-0.39, 0.29) is 29.8 Å². The molecule has 0 saturated carbocycles. The number of likely N-dealkylation sites (tertiary alicyclic amines) is 2. The summed E-state index contributed by atoms with van der Waals surface area (Å²) >= 11 is 0. The SMILES string of the molecule is Cn1nc(-c2cccc(F)c2)c2ccc(C(=O)N3CCC(c4nc5ccccc5n4C4CCN(C(=O)OC(C)(C)C)CC4)CC3)cc21. The number of rotatable bonds is 4. The molecule has 0 spiro atoms. The summed E-state index contributed by atoms with van der Waals surface area (Å²) in [7, 11) is 1.85. The first-order chi connectivity index (χ1) is 22.6. The Balaban J connectivity index is 1.06. The Morgan fingerprint density at radius 3 is 2.30 bits per heavy atom. The molecule has 2 aliphatic rings. The summed E-state index contributed by atoms with van der Waals surface area (Å²) in [5.74, 6) is 0.997. The summed E-state index contributed by atoms with van der Waals surface area (Å²) in [5.41, 5.74) is 4.44. The average molecular weight is 637 g/mol. The average Bonchev–Trinajstić information content (AvgIpc) is 3.61. The van der Waals surface area contributed by atoms with Crippen LogP contribution >= 0.6 is 0 Å². The van der Waals surface area contributed by atoms with Crippen molar-refractivity contribution < 1.29 is 18.7 Å². The van der Waals surface area contributed by atoms with Gasteiger partial charge in [0.25, 0.3) is 5.91 Å². The zero-order valence-corrected chi connectivity index (χ0v) is 27.4. The molecule has 4 heterocycles. The number of ether oxygens (including phenoxy) is 1. The molecule has 5 aromatic rings. The standard InChI is InChI=1S/C37H41FN6O3/c1-37(2,3)47-36(46)43-20-16-28(17-21-43)44-31-11-6-5-10-30(31)39-34(44)24-14-18-42(19-15-24)35(45)26-12-13-29-32(23-26)41(4)40-33(29)25-8-7-9-27(38)22-25/h5-13,22-24,28H,14-21H2,1-4H3. The summed E-state index contributed by atoms with van der Waals surface area (Å²) in [6, 6.07) is 20.6. The van der Waals surface area contributed by atoms with E-state index < -0.39 is 5.60 Å². The van der Waals surface area contributed by atoms with Crippen molar-refractivity contribution >= 4 is 33.9 Å². The number of imidazole rings is 1. The molecule has 7 rings (SSSR count). The Bertz CT molecular complexity index is 1960. The van der Waals surface area contributed by atoms with Crippen molar-refractivity contribution in [2.45, 2.75) is 64.0 Å². The number of piperidine rings is 2. The third-order valence-electron chi connectivity index (χ3n) is 9.45. The van der Waals surface area contributed by atoms with Gasteiger partial charge in [0, 0.05) is 61.7 Å². The van der Waals surface area contributed by atoms with Crippen LogP contribution in [-0.2, 0) is 11.8 Å². The molecule has 2 aliphatic heterocycles. The number of fused-ring (bicyclic) bond motifs is 2. The van der Waals surface area contributed by atoms with Gasteiger partial charge in [0.15, 0.2) is 0 Å². The maximum absolute atomic E-state index is 13.9. The minimum atomic E-state index is -0.517. The molecule has 0 atom stereocenters. The largest absolute Gasteiger partial charge is 0.444 e. The van der Waals surface area contributed by atoms with Crippen LogP contribution < -0.4 is 0 Å². The van der Waals surface area contributed by atoms with Crippen LogP contribution in [0.25, 0.3) is 33.2 Å². The highest BCUT2D eigenvalue weighted by Crippen LogP contribution is 2.36. The summed E-state index contributed by atoms with van der Waals surface area (Å²) in [6.07, 6.45) is 3.06. The zero-order chi connectivity index (χ0) is 32.9. The van der Waals surface area contributed by atoms with E-state index in [0.29, 0.717) is 43.0 Å². The van der Waals surface area contributed by atoms with Crippen LogP contribution in [0.2, 0.25) is 0 Å². The van der Waals surface area contributed by atoms with Crippen molar-refractivity contribution in [1.29, 1.82) is 0 Å². The topological polar surface area (TPSA) is 85.5 Å². The normalized spacial score (nSPS) is 16.7. The molecule has 2 saturated heterocycles. The maximum atomic E-state index is 13.9. The number of benzene rings is 3. The van der Waals surface area contributed by atoms with Crippen LogP contribution in [0.15, 0.2) is 66.7 Å². The Hall–Kier alpha value is -4.73. The number of aryl methyl sites for hydroxylation is 1. The molecule has 2 fully saturated rings. The number of para-hydroxylation sites is 2. The summed E-state index contributed by atoms with van der Waals surface area (Å²) < 4.78 is 23.7. The number of carbonyl (C=O) groups excluding carboxylic acids is 2. The van der Waals surface area contributed by atoms with Crippen molar-refractivity contribution in [2.24, 2.45) is 7.05 Å². The molecule has 0 aliphatic carbocycles. The smallest absolute Gasteiger partial charge is 0.410 e. The van der Waals surface area contributed by atoms with Gasteiger partial charge in [-0.05, 0) is 88.9 Å². The van der Waals surface area contributed by atoms with Crippen LogP contribution in [0.3, 0.4) is 0 Å². The summed E-state index contributed by atoms with van der Waals surface area (Å²) in [5, 5.41) is 5.52. The first-order valence-electron chi connectivity index (χ1n) is 16.5. The highest BCUT2D eigenvalue weighted by atomic mass is 19.1. The quantitative estimate of drug-likeness (QED) is 0.206. The van der Waals surface area contributed by atoms with E-state index >= 15 is 0 Å². The van der Waals surface area contributed by atoms with E-state index in [9.17, 15) is 14.0 Å². The molecular formula is C37H41FN6O3. The van der Waals surface area contributed by atoms with Crippen LogP contribution in [0, 0.1) is 5.82 Å². The van der Waals surface area contributed by atoms with Crippen LogP contribution in [0.5, 0.6) is 0 Å². The Labute approximate surface area is 273 Å². The van der Waals surface area contributed by atoms with Crippen molar-refractivity contribution in [2.75, 3.05) is 26.2 Å². The number of aromatic nitrogens is 4. The third-order valence-corrected chi connectivity index (χ3v) is 9.45. The van der Waals surface area contributed by atoms with Gasteiger partial charge < -0.3 is 19.1 Å². The molecular weight excluding hydrogens is 595 g/mol. The fourth-order valence-corrected chi connectivity index (χ4v) is 7.13. The maximum Gasteiger partial charge on any atom is 0.410 e. The molecule has 0 N–H and O–H groups in total. The van der Waals surface area contributed by atoms with Gasteiger partial charge >= 0.3 is 6.09 Å². The van der Waals surface area contributed by atoms with Gasteiger partial charge in [0.05, 0.1) is 16.6 Å².